The van der Waals surface area contributed by atoms with Crippen LogP contribution in [0, 0.1) is 0 Å². The highest BCUT2D eigenvalue weighted by Gasteiger charge is 2.35. The van der Waals surface area contributed by atoms with Crippen LogP contribution in [0.1, 0.15) is 47.1 Å². The number of aliphatic imine (C=N–C) groups is 1. The van der Waals surface area contributed by atoms with Crippen molar-refractivity contribution in [2.75, 3.05) is 18.0 Å². The summed E-state index contributed by atoms with van der Waals surface area (Å²) >= 11 is 1.47. The quantitative estimate of drug-likeness (QED) is 0.695. The van der Waals surface area contributed by atoms with Crippen LogP contribution < -0.4 is 4.90 Å². The largest absolute Gasteiger partial charge is 0.372 e. The molecule has 1 saturated heterocycles. The molecule has 1 amide bonds. The van der Waals surface area contributed by atoms with Gasteiger partial charge in [-0.25, -0.2) is 0 Å². The van der Waals surface area contributed by atoms with Gasteiger partial charge in [-0.1, -0.05) is 12.1 Å². The fourth-order valence-corrected chi connectivity index (χ4v) is 4.01. The monoisotopic (exact) mass is 359 g/mol. The first-order valence-electron chi connectivity index (χ1n) is 9.03. The molecule has 2 rings (SSSR count). The zero-order chi connectivity index (χ0) is 18.6. The first-order valence-corrected chi connectivity index (χ1v) is 9.84. The zero-order valence-electron chi connectivity index (χ0n) is 16.1. The number of hydrogen-bond donors (Lipinski definition) is 0. The Morgan fingerprint density at radius 1 is 1.12 bits per heavy atom. The molecule has 0 radical (unpaired) electrons. The molecule has 1 aromatic rings. The number of rotatable bonds is 6. The van der Waals surface area contributed by atoms with E-state index in [0.29, 0.717) is 0 Å². The maximum Gasteiger partial charge on any atom is 0.266 e. The highest BCUT2D eigenvalue weighted by atomic mass is 32.2. The molecule has 136 valence electrons. The summed E-state index contributed by atoms with van der Waals surface area (Å²) in [5.74, 6) is 0.0484. The molecule has 0 bridgehead atoms. The summed E-state index contributed by atoms with van der Waals surface area (Å²) in [6.45, 7) is 14.4. The van der Waals surface area contributed by atoms with Crippen LogP contribution in [-0.4, -0.2) is 41.1 Å². The molecule has 4 nitrogen and oxygen atoms in total. The number of anilines is 1. The van der Waals surface area contributed by atoms with Crippen molar-refractivity contribution in [1.82, 2.24) is 4.90 Å². The third kappa shape index (κ3) is 4.66. The maximum absolute atomic E-state index is 12.8. The minimum atomic E-state index is 0.0484. The number of benzene rings is 1. The molecular weight excluding hydrogens is 330 g/mol. The van der Waals surface area contributed by atoms with Crippen LogP contribution in [-0.2, 0) is 4.79 Å². The van der Waals surface area contributed by atoms with Crippen molar-refractivity contribution in [3.63, 3.8) is 0 Å². The van der Waals surface area contributed by atoms with Crippen molar-refractivity contribution >= 4 is 34.6 Å². The number of carbonyl (C=O) groups is 1. The molecule has 0 spiro atoms. The summed E-state index contributed by atoms with van der Waals surface area (Å²) in [6.07, 6.45) is 1.97. The fraction of sp³-hybridized carbons (Fsp3) is 0.500. The van der Waals surface area contributed by atoms with Crippen LogP contribution in [0.25, 0.3) is 6.08 Å². The van der Waals surface area contributed by atoms with Gasteiger partial charge >= 0.3 is 0 Å². The van der Waals surface area contributed by atoms with E-state index in [-0.39, 0.29) is 18.0 Å². The van der Waals surface area contributed by atoms with Gasteiger partial charge in [0, 0.05) is 30.9 Å². The van der Waals surface area contributed by atoms with E-state index in [9.17, 15) is 4.79 Å². The van der Waals surface area contributed by atoms with Gasteiger partial charge in [-0.15, -0.1) is 0 Å². The lowest BCUT2D eigenvalue weighted by molar-refractivity contribution is -0.123. The Morgan fingerprint density at radius 3 is 2.20 bits per heavy atom. The third-order valence-corrected chi connectivity index (χ3v) is 5.04. The maximum atomic E-state index is 12.8. The van der Waals surface area contributed by atoms with Crippen molar-refractivity contribution in [3.8, 4) is 0 Å². The van der Waals surface area contributed by atoms with E-state index < -0.39 is 0 Å². The summed E-state index contributed by atoms with van der Waals surface area (Å²) in [5, 5.41) is 0.806. The molecule has 1 heterocycles. The second-order valence-corrected chi connectivity index (χ2v) is 7.66. The summed E-state index contributed by atoms with van der Waals surface area (Å²) in [4.78, 5) is 22.2. The molecule has 0 atom stereocenters. The van der Waals surface area contributed by atoms with E-state index in [1.165, 1.54) is 17.4 Å². The number of thioether (sulfide) groups is 1. The van der Waals surface area contributed by atoms with E-state index in [2.05, 4.69) is 48.0 Å². The smallest absolute Gasteiger partial charge is 0.266 e. The highest BCUT2D eigenvalue weighted by molar-refractivity contribution is 8.18. The average Bonchev–Trinajstić information content (AvgIpc) is 2.85. The molecule has 25 heavy (non-hydrogen) atoms. The van der Waals surface area contributed by atoms with Gasteiger partial charge in [-0.2, -0.15) is 0 Å². The summed E-state index contributed by atoms with van der Waals surface area (Å²) in [6, 6.07) is 8.66. The van der Waals surface area contributed by atoms with E-state index >= 15 is 0 Å². The molecule has 1 aliphatic rings. The van der Waals surface area contributed by atoms with E-state index in [1.54, 1.807) is 4.90 Å². The van der Waals surface area contributed by atoms with Gasteiger partial charge in [-0.3, -0.25) is 14.7 Å². The predicted molar refractivity (Wildman–Crippen MR) is 110 cm³/mol. The van der Waals surface area contributed by atoms with Gasteiger partial charge in [-0.05, 0) is 77.1 Å². The molecule has 5 heteroatoms. The number of amides is 1. The molecule has 0 aliphatic carbocycles. The molecule has 0 N–H and O–H groups in total. The second kappa shape index (κ2) is 8.56. The lowest BCUT2D eigenvalue weighted by atomic mass is 10.1. The molecule has 0 unspecified atom stereocenters. The lowest BCUT2D eigenvalue weighted by Gasteiger charge is -2.21. The number of amidine groups is 1. The second-order valence-electron chi connectivity index (χ2n) is 6.65. The van der Waals surface area contributed by atoms with Crippen LogP contribution in [0.2, 0.25) is 0 Å². The van der Waals surface area contributed by atoms with Crippen molar-refractivity contribution in [2.45, 2.75) is 53.6 Å². The molecule has 1 aliphatic heterocycles. The standard InChI is InChI=1S/C20H29N3OS/c1-7-22(8-2)17-11-9-16(10-12-17)13-18-19(24)23(15(5)6)20(25-18)21-14(3)4/h9-15H,7-8H2,1-6H3/b18-13+,21-20?. The Labute approximate surface area is 156 Å². The lowest BCUT2D eigenvalue weighted by Crippen LogP contribution is -2.35. The zero-order valence-corrected chi connectivity index (χ0v) is 16.9. The van der Waals surface area contributed by atoms with Gasteiger partial charge in [0.2, 0.25) is 0 Å². The number of carbonyl (C=O) groups excluding carboxylic acids is 1. The Bertz CT molecular complexity index is 658. The highest BCUT2D eigenvalue weighted by Crippen LogP contribution is 2.34. The third-order valence-electron chi connectivity index (χ3n) is 4.04. The van der Waals surface area contributed by atoms with Crippen LogP contribution in [0.3, 0.4) is 0 Å². The van der Waals surface area contributed by atoms with Crippen LogP contribution >= 0.6 is 11.8 Å². The van der Waals surface area contributed by atoms with Crippen molar-refractivity contribution in [3.05, 3.63) is 34.7 Å². The number of nitrogens with zero attached hydrogens (tertiary/aromatic N) is 3. The van der Waals surface area contributed by atoms with Crippen LogP contribution in [0.5, 0.6) is 0 Å². The first kappa shape index (κ1) is 19.6. The minimum Gasteiger partial charge on any atom is -0.372 e. The molecule has 0 saturated carbocycles. The van der Waals surface area contributed by atoms with E-state index in [4.69, 9.17) is 0 Å². The van der Waals surface area contributed by atoms with Gasteiger partial charge < -0.3 is 4.90 Å². The SMILES string of the molecule is CCN(CC)c1ccc(/C=C2/SC(=NC(C)C)N(C(C)C)C2=O)cc1. The van der Waals surface area contributed by atoms with Gasteiger partial charge in [0.15, 0.2) is 5.17 Å². The van der Waals surface area contributed by atoms with Crippen molar-refractivity contribution < 1.29 is 4.79 Å². The molecular formula is C20H29N3OS. The van der Waals surface area contributed by atoms with Crippen LogP contribution in [0.4, 0.5) is 5.69 Å². The Morgan fingerprint density at radius 2 is 1.72 bits per heavy atom. The van der Waals surface area contributed by atoms with Gasteiger partial charge in [0.05, 0.1) is 4.91 Å². The fourth-order valence-electron chi connectivity index (χ4n) is 2.77. The van der Waals surface area contributed by atoms with Crippen molar-refractivity contribution in [2.24, 2.45) is 4.99 Å². The Balaban J connectivity index is 2.27. The summed E-state index contributed by atoms with van der Waals surface area (Å²) in [5.41, 5.74) is 2.25. The Kier molecular flexibility index (Phi) is 6.71. The van der Waals surface area contributed by atoms with E-state index in [0.717, 1.165) is 28.7 Å². The Hall–Kier alpha value is -1.75. The normalized spacial score (nSPS) is 18.2. The predicted octanol–water partition coefficient (Wildman–Crippen LogP) is 4.62. The van der Waals surface area contributed by atoms with Gasteiger partial charge in [0.25, 0.3) is 5.91 Å². The average molecular weight is 360 g/mol. The topological polar surface area (TPSA) is 35.9 Å². The minimum absolute atomic E-state index is 0.0484. The van der Waals surface area contributed by atoms with E-state index in [1.807, 2.05) is 33.8 Å². The first-order chi connectivity index (χ1) is 11.9. The molecule has 0 aromatic heterocycles. The van der Waals surface area contributed by atoms with Crippen LogP contribution in [0.15, 0.2) is 34.2 Å². The van der Waals surface area contributed by atoms with Gasteiger partial charge in [0.1, 0.15) is 0 Å². The van der Waals surface area contributed by atoms with Crippen molar-refractivity contribution in [1.29, 1.82) is 0 Å². The summed E-state index contributed by atoms with van der Waals surface area (Å²) < 4.78 is 0. The molecule has 1 fully saturated rings. The number of hydrogen-bond acceptors (Lipinski definition) is 4. The summed E-state index contributed by atoms with van der Waals surface area (Å²) in [7, 11) is 0. The molecule has 1 aromatic carbocycles.